The number of alkyl halides is 2. The van der Waals surface area contributed by atoms with Crippen molar-refractivity contribution in [3.63, 3.8) is 0 Å². The van der Waals surface area contributed by atoms with Gasteiger partial charge < -0.3 is 5.73 Å². The van der Waals surface area contributed by atoms with Crippen molar-refractivity contribution in [1.29, 1.82) is 10.5 Å². The summed E-state index contributed by atoms with van der Waals surface area (Å²) < 4.78 is 25.5. The van der Waals surface area contributed by atoms with E-state index in [2.05, 4.69) is 4.98 Å². The van der Waals surface area contributed by atoms with Crippen LogP contribution in [-0.2, 0) is 13.0 Å². The van der Waals surface area contributed by atoms with Gasteiger partial charge in [-0.15, -0.1) is 0 Å². The molecule has 2 N–H and O–H groups in total. The molecule has 0 amide bonds. The molecule has 0 bridgehead atoms. The lowest BCUT2D eigenvalue weighted by Crippen LogP contribution is -2.09. The molecule has 0 fully saturated rings. The molecule has 82 valence electrons. The Bertz CT molecular complexity index is 471. The minimum absolute atomic E-state index is 0.00454. The van der Waals surface area contributed by atoms with Gasteiger partial charge in [-0.2, -0.15) is 10.5 Å². The summed E-state index contributed by atoms with van der Waals surface area (Å²) in [6, 6.07) is 4.71. The second-order valence-electron chi connectivity index (χ2n) is 2.98. The number of halogens is 2. The lowest BCUT2D eigenvalue weighted by atomic mass is 10.0. The third kappa shape index (κ3) is 2.30. The van der Waals surface area contributed by atoms with Crippen LogP contribution in [0.4, 0.5) is 8.78 Å². The normalized spacial score (nSPS) is 9.88. The largest absolute Gasteiger partial charge is 0.325 e. The van der Waals surface area contributed by atoms with Crippen molar-refractivity contribution >= 4 is 0 Å². The van der Waals surface area contributed by atoms with Crippen molar-refractivity contribution < 1.29 is 8.78 Å². The van der Waals surface area contributed by atoms with Gasteiger partial charge >= 0.3 is 0 Å². The standard InChI is InChI=1S/C10H8F2N4/c11-10(12)9-6(1-2-13)3-7(4-14)16-8(9)5-15/h3,10H,1,5,15H2. The lowest BCUT2D eigenvalue weighted by Gasteiger charge is -2.10. The fraction of sp³-hybridized carbons (Fsp3) is 0.300. The monoisotopic (exact) mass is 222 g/mol. The van der Waals surface area contributed by atoms with E-state index in [9.17, 15) is 8.78 Å². The molecular weight excluding hydrogens is 214 g/mol. The van der Waals surface area contributed by atoms with Crippen LogP contribution in [0.2, 0.25) is 0 Å². The summed E-state index contributed by atoms with van der Waals surface area (Å²) >= 11 is 0. The zero-order valence-electron chi connectivity index (χ0n) is 8.24. The van der Waals surface area contributed by atoms with Gasteiger partial charge in [0.2, 0.25) is 0 Å². The van der Waals surface area contributed by atoms with Crippen LogP contribution in [0.25, 0.3) is 0 Å². The number of hydrogen-bond donors (Lipinski definition) is 1. The second-order valence-corrected chi connectivity index (χ2v) is 2.98. The van der Waals surface area contributed by atoms with Gasteiger partial charge in [-0.25, -0.2) is 13.8 Å². The first-order valence-electron chi connectivity index (χ1n) is 4.42. The Hall–Kier alpha value is -2.05. The summed E-state index contributed by atoms with van der Waals surface area (Å²) in [4.78, 5) is 3.70. The van der Waals surface area contributed by atoms with Gasteiger partial charge in [0, 0.05) is 12.1 Å². The SMILES string of the molecule is N#CCc1cc(C#N)nc(CN)c1C(F)F. The molecule has 0 aliphatic carbocycles. The zero-order chi connectivity index (χ0) is 12.1. The number of nitrogens with two attached hydrogens (primary N) is 1. The van der Waals surface area contributed by atoms with Crippen LogP contribution in [0.1, 0.15) is 28.9 Å². The van der Waals surface area contributed by atoms with Crippen molar-refractivity contribution in [3.8, 4) is 12.1 Å². The summed E-state index contributed by atoms with van der Waals surface area (Å²) in [6.45, 7) is -0.187. The summed E-state index contributed by atoms with van der Waals surface area (Å²) in [7, 11) is 0. The summed E-state index contributed by atoms with van der Waals surface area (Å²) in [6.07, 6.45) is -2.94. The molecule has 4 nitrogen and oxygen atoms in total. The van der Waals surface area contributed by atoms with Gasteiger partial charge in [-0.3, -0.25) is 0 Å². The van der Waals surface area contributed by atoms with Crippen LogP contribution >= 0.6 is 0 Å². The van der Waals surface area contributed by atoms with Crippen molar-refractivity contribution in [3.05, 3.63) is 28.6 Å². The third-order valence-corrected chi connectivity index (χ3v) is 2.02. The highest BCUT2D eigenvalue weighted by Gasteiger charge is 2.19. The molecule has 0 radical (unpaired) electrons. The quantitative estimate of drug-likeness (QED) is 0.837. The minimum atomic E-state index is -2.75. The first-order chi connectivity index (χ1) is 7.63. The number of rotatable bonds is 3. The highest BCUT2D eigenvalue weighted by atomic mass is 19.3. The first-order valence-corrected chi connectivity index (χ1v) is 4.42. The molecule has 0 aromatic carbocycles. The molecule has 0 aliphatic heterocycles. The van der Waals surface area contributed by atoms with Crippen LogP contribution in [0.3, 0.4) is 0 Å². The smallest absolute Gasteiger partial charge is 0.265 e. The maximum Gasteiger partial charge on any atom is 0.265 e. The summed E-state index contributed by atoms with van der Waals surface area (Å²) in [5.41, 5.74) is 5.04. The average molecular weight is 222 g/mol. The van der Waals surface area contributed by atoms with Gasteiger partial charge in [0.15, 0.2) is 0 Å². The van der Waals surface area contributed by atoms with Crippen molar-refractivity contribution in [1.82, 2.24) is 4.98 Å². The van der Waals surface area contributed by atoms with Crippen LogP contribution in [0.15, 0.2) is 6.07 Å². The Labute approximate surface area is 90.9 Å². The van der Waals surface area contributed by atoms with Gasteiger partial charge in [0.05, 0.1) is 18.2 Å². The molecule has 1 aromatic heterocycles. The molecule has 1 heterocycles. The Morgan fingerprint density at radius 2 is 2.12 bits per heavy atom. The predicted octanol–water partition coefficient (Wildman–Crippen LogP) is 1.42. The van der Waals surface area contributed by atoms with Crippen LogP contribution in [-0.4, -0.2) is 4.98 Å². The van der Waals surface area contributed by atoms with Crippen LogP contribution < -0.4 is 5.73 Å². The molecule has 0 unspecified atom stereocenters. The lowest BCUT2D eigenvalue weighted by molar-refractivity contribution is 0.148. The van der Waals surface area contributed by atoms with E-state index < -0.39 is 6.43 Å². The minimum Gasteiger partial charge on any atom is -0.325 e. The second kappa shape index (κ2) is 5.15. The van der Waals surface area contributed by atoms with Crippen molar-refractivity contribution in [2.75, 3.05) is 0 Å². The van der Waals surface area contributed by atoms with E-state index in [0.29, 0.717) is 0 Å². The van der Waals surface area contributed by atoms with E-state index in [4.69, 9.17) is 16.3 Å². The predicted molar refractivity (Wildman–Crippen MR) is 51.1 cm³/mol. The van der Waals surface area contributed by atoms with E-state index in [1.54, 1.807) is 12.1 Å². The van der Waals surface area contributed by atoms with E-state index >= 15 is 0 Å². The molecule has 0 atom stereocenters. The molecule has 0 spiro atoms. The van der Waals surface area contributed by atoms with Crippen LogP contribution in [0, 0.1) is 22.7 Å². The number of nitrogens with zero attached hydrogens (tertiary/aromatic N) is 3. The van der Waals surface area contributed by atoms with Crippen LogP contribution in [0.5, 0.6) is 0 Å². The highest BCUT2D eigenvalue weighted by molar-refractivity contribution is 5.39. The molecular formula is C10H8F2N4. The van der Waals surface area contributed by atoms with Crippen molar-refractivity contribution in [2.45, 2.75) is 19.4 Å². The fourth-order valence-electron chi connectivity index (χ4n) is 1.38. The van der Waals surface area contributed by atoms with Gasteiger partial charge in [0.1, 0.15) is 11.8 Å². The van der Waals surface area contributed by atoms with E-state index in [1.165, 1.54) is 6.07 Å². The third-order valence-electron chi connectivity index (χ3n) is 2.02. The first kappa shape index (κ1) is 12.0. The Kier molecular flexibility index (Phi) is 3.87. The maximum atomic E-state index is 12.7. The Morgan fingerprint density at radius 3 is 2.56 bits per heavy atom. The number of hydrogen-bond acceptors (Lipinski definition) is 4. The molecule has 0 saturated heterocycles. The summed E-state index contributed by atoms with van der Waals surface area (Å²) in [5.74, 6) is 0. The zero-order valence-corrected chi connectivity index (χ0v) is 8.24. The molecule has 0 aliphatic rings. The van der Waals surface area contributed by atoms with Gasteiger partial charge in [0.25, 0.3) is 6.43 Å². The number of nitriles is 2. The summed E-state index contributed by atoms with van der Waals surface area (Å²) in [5, 5.41) is 17.2. The van der Waals surface area contributed by atoms with Gasteiger partial charge in [-0.05, 0) is 11.6 Å². The number of aromatic nitrogens is 1. The van der Waals surface area contributed by atoms with E-state index in [0.717, 1.165) is 0 Å². The topological polar surface area (TPSA) is 86.5 Å². The molecule has 0 saturated carbocycles. The Balaban J connectivity index is 3.43. The maximum absolute atomic E-state index is 12.7. The molecule has 6 heteroatoms. The molecule has 16 heavy (non-hydrogen) atoms. The Morgan fingerprint density at radius 1 is 1.44 bits per heavy atom. The van der Waals surface area contributed by atoms with Gasteiger partial charge in [-0.1, -0.05) is 0 Å². The number of pyridine rings is 1. The fourth-order valence-corrected chi connectivity index (χ4v) is 1.38. The van der Waals surface area contributed by atoms with E-state index in [1.807, 2.05) is 0 Å². The average Bonchev–Trinajstić information content (AvgIpc) is 2.27. The van der Waals surface area contributed by atoms with Crippen molar-refractivity contribution in [2.24, 2.45) is 5.73 Å². The molecule has 1 aromatic rings. The molecule has 1 rings (SSSR count). The van der Waals surface area contributed by atoms with E-state index in [-0.39, 0.29) is 35.5 Å². The highest BCUT2D eigenvalue weighted by Crippen LogP contribution is 2.26.